The Morgan fingerprint density at radius 1 is 1.44 bits per heavy atom. The zero-order valence-corrected chi connectivity index (χ0v) is 12.4. The number of hydrogen-bond donors (Lipinski definition) is 1. The molecule has 0 spiro atoms. The summed E-state index contributed by atoms with van der Waals surface area (Å²) in [7, 11) is 1.46. The SMILES string of the molecule is CCC1CCC(C)N1CC(NC(C)C)C(=O)OC. The predicted octanol–water partition coefficient (Wildman–Crippen LogP) is 1.79. The Kier molecular flexibility index (Phi) is 6.09. The maximum Gasteiger partial charge on any atom is 0.324 e. The van der Waals surface area contributed by atoms with Gasteiger partial charge in [0.15, 0.2) is 0 Å². The highest BCUT2D eigenvalue weighted by atomic mass is 16.5. The van der Waals surface area contributed by atoms with Crippen molar-refractivity contribution >= 4 is 5.97 Å². The third-order valence-corrected chi connectivity index (χ3v) is 3.84. The minimum Gasteiger partial charge on any atom is -0.468 e. The van der Waals surface area contributed by atoms with E-state index in [1.807, 2.05) is 0 Å². The zero-order valence-electron chi connectivity index (χ0n) is 12.4. The van der Waals surface area contributed by atoms with Gasteiger partial charge in [0.05, 0.1) is 7.11 Å². The number of esters is 1. The van der Waals surface area contributed by atoms with Gasteiger partial charge >= 0.3 is 5.97 Å². The molecule has 1 aliphatic rings. The number of likely N-dealkylation sites (tertiary alicyclic amines) is 1. The molecule has 1 heterocycles. The van der Waals surface area contributed by atoms with Gasteiger partial charge in [0.2, 0.25) is 0 Å². The van der Waals surface area contributed by atoms with Crippen molar-refractivity contribution in [1.82, 2.24) is 10.2 Å². The van der Waals surface area contributed by atoms with E-state index in [-0.39, 0.29) is 18.1 Å². The number of carbonyl (C=O) groups is 1. The maximum absolute atomic E-state index is 11.8. The molecule has 0 aliphatic carbocycles. The van der Waals surface area contributed by atoms with Gasteiger partial charge in [-0.2, -0.15) is 0 Å². The van der Waals surface area contributed by atoms with Crippen LogP contribution in [0.25, 0.3) is 0 Å². The van der Waals surface area contributed by atoms with Crippen LogP contribution in [0.15, 0.2) is 0 Å². The van der Waals surface area contributed by atoms with E-state index in [0.29, 0.717) is 12.1 Å². The fourth-order valence-electron chi connectivity index (χ4n) is 2.84. The first-order valence-electron chi connectivity index (χ1n) is 7.09. The number of hydrogen-bond acceptors (Lipinski definition) is 4. The van der Waals surface area contributed by atoms with Crippen LogP contribution >= 0.6 is 0 Å². The Morgan fingerprint density at radius 3 is 2.61 bits per heavy atom. The largest absolute Gasteiger partial charge is 0.468 e. The number of carbonyl (C=O) groups excluding carboxylic acids is 1. The maximum atomic E-state index is 11.8. The van der Waals surface area contributed by atoms with Crippen LogP contribution in [0.5, 0.6) is 0 Å². The third kappa shape index (κ3) is 3.95. The van der Waals surface area contributed by atoms with E-state index in [2.05, 4.69) is 37.9 Å². The highest BCUT2D eigenvalue weighted by Gasteiger charge is 2.33. The molecule has 4 nitrogen and oxygen atoms in total. The molecule has 1 aliphatic heterocycles. The summed E-state index contributed by atoms with van der Waals surface area (Å²) in [5.41, 5.74) is 0. The molecule has 1 rings (SSSR count). The minimum absolute atomic E-state index is 0.155. The highest BCUT2D eigenvalue weighted by Crippen LogP contribution is 2.26. The number of ether oxygens (including phenoxy) is 1. The van der Waals surface area contributed by atoms with E-state index in [4.69, 9.17) is 4.74 Å². The van der Waals surface area contributed by atoms with Gasteiger partial charge in [0.1, 0.15) is 6.04 Å². The summed E-state index contributed by atoms with van der Waals surface area (Å²) in [6, 6.07) is 1.24. The lowest BCUT2D eigenvalue weighted by Gasteiger charge is -2.31. The molecule has 0 aromatic heterocycles. The molecule has 106 valence electrons. The summed E-state index contributed by atoms with van der Waals surface area (Å²) in [6.45, 7) is 9.34. The fraction of sp³-hybridized carbons (Fsp3) is 0.929. The Bertz CT molecular complexity index is 269. The Balaban J connectivity index is 2.66. The summed E-state index contributed by atoms with van der Waals surface area (Å²) in [6.07, 6.45) is 3.63. The Morgan fingerprint density at radius 2 is 2.11 bits per heavy atom. The molecule has 1 fully saturated rings. The number of nitrogens with one attached hydrogen (secondary N) is 1. The molecule has 4 heteroatoms. The molecular weight excluding hydrogens is 228 g/mol. The van der Waals surface area contributed by atoms with Crippen molar-refractivity contribution in [3.8, 4) is 0 Å². The summed E-state index contributed by atoms with van der Waals surface area (Å²) in [5.74, 6) is -0.155. The standard InChI is InChI=1S/C14H28N2O2/c1-6-12-8-7-11(4)16(12)9-13(14(17)18-5)15-10(2)3/h10-13,15H,6-9H2,1-5H3. The summed E-state index contributed by atoms with van der Waals surface area (Å²) >= 11 is 0. The van der Waals surface area contributed by atoms with Crippen molar-refractivity contribution in [2.45, 2.75) is 71.1 Å². The first-order chi connectivity index (χ1) is 8.49. The van der Waals surface area contributed by atoms with Gasteiger partial charge in [-0.3, -0.25) is 9.69 Å². The van der Waals surface area contributed by atoms with Gasteiger partial charge in [-0.25, -0.2) is 0 Å². The molecule has 0 saturated carbocycles. The smallest absolute Gasteiger partial charge is 0.324 e. The van der Waals surface area contributed by atoms with Crippen LogP contribution in [0.3, 0.4) is 0 Å². The number of nitrogens with zero attached hydrogens (tertiary/aromatic N) is 1. The number of rotatable bonds is 6. The molecule has 3 atom stereocenters. The van der Waals surface area contributed by atoms with E-state index in [0.717, 1.165) is 13.0 Å². The van der Waals surface area contributed by atoms with E-state index in [9.17, 15) is 4.79 Å². The first-order valence-corrected chi connectivity index (χ1v) is 7.09. The van der Waals surface area contributed by atoms with Gasteiger partial charge in [0, 0.05) is 24.7 Å². The van der Waals surface area contributed by atoms with Crippen molar-refractivity contribution in [1.29, 1.82) is 0 Å². The highest BCUT2D eigenvalue weighted by molar-refractivity contribution is 5.76. The van der Waals surface area contributed by atoms with Crippen molar-refractivity contribution in [2.24, 2.45) is 0 Å². The zero-order chi connectivity index (χ0) is 13.7. The molecular formula is C14H28N2O2. The van der Waals surface area contributed by atoms with Crippen LogP contribution in [0.2, 0.25) is 0 Å². The van der Waals surface area contributed by atoms with Gasteiger partial charge in [-0.05, 0) is 26.2 Å². The fourth-order valence-corrected chi connectivity index (χ4v) is 2.84. The molecule has 1 saturated heterocycles. The second-order valence-corrected chi connectivity index (χ2v) is 5.58. The predicted molar refractivity (Wildman–Crippen MR) is 73.6 cm³/mol. The van der Waals surface area contributed by atoms with Crippen molar-refractivity contribution in [3.63, 3.8) is 0 Å². The lowest BCUT2D eigenvalue weighted by atomic mass is 10.1. The van der Waals surface area contributed by atoms with Crippen LogP contribution in [-0.2, 0) is 9.53 Å². The molecule has 1 N–H and O–H groups in total. The summed E-state index contributed by atoms with van der Waals surface area (Å²) in [4.78, 5) is 14.3. The van der Waals surface area contributed by atoms with Gasteiger partial charge < -0.3 is 10.1 Å². The Labute approximate surface area is 111 Å². The van der Waals surface area contributed by atoms with Crippen molar-refractivity contribution < 1.29 is 9.53 Å². The average Bonchev–Trinajstić information content (AvgIpc) is 2.68. The van der Waals surface area contributed by atoms with E-state index in [1.165, 1.54) is 20.0 Å². The molecule has 0 aromatic carbocycles. The summed E-state index contributed by atoms with van der Waals surface area (Å²) < 4.78 is 4.90. The van der Waals surface area contributed by atoms with Crippen molar-refractivity contribution in [3.05, 3.63) is 0 Å². The average molecular weight is 256 g/mol. The lowest BCUT2D eigenvalue weighted by Crippen LogP contribution is -2.51. The van der Waals surface area contributed by atoms with E-state index < -0.39 is 0 Å². The minimum atomic E-state index is -0.218. The molecule has 3 unspecified atom stereocenters. The van der Waals surface area contributed by atoms with Crippen LogP contribution in [0.4, 0.5) is 0 Å². The van der Waals surface area contributed by atoms with Crippen LogP contribution in [0.1, 0.15) is 47.0 Å². The topological polar surface area (TPSA) is 41.6 Å². The second kappa shape index (κ2) is 7.10. The van der Waals surface area contributed by atoms with Gasteiger partial charge in [0.25, 0.3) is 0 Å². The first kappa shape index (κ1) is 15.4. The Hall–Kier alpha value is -0.610. The molecule has 0 bridgehead atoms. The molecule has 0 radical (unpaired) electrons. The normalized spacial score (nSPS) is 26.6. The van der Waals surface area contributed by atoms with Gasteiger partial charge in [-0.15, -0.1) is 0 Å². The van der Waals surface area contributed by atoms with Gasteiger partial charge in [-0.1, -0.05) is 20.8 Å². The lowest BCUT2D eigenvalue weighted by molar-refractivity contribution is -0.144. The van der Waals surface area contributed by atoms with Crippen molar-refractivity contribution in [2.75, 3.05) is 13.7 Å². The van der Waals surface area contributed by atoms with E-state index in [1.54, 1.807) is 0 Å². The molecule has 0 amide bonds. The molecule has 18 heavy (non-hydrogen) atoms. The van der Waals surface area contributed by atoms with Crippen LogP contribution in [0, 0.1) is 0 Å². The van der Waals surface area contributed by atoms with Crippen LogP contribution in [-0.4, -0.2) is 48.7 Å². The van der Waals surface area contributed by atoms with E-state index >= 15 is 0 Å². The monoisotopic (exact) mass is 256 g/mol. The van der Waals surface area contributed by atoms with Crippen LogP contribution < -0.4 is 5.32 Å². The quantitative estimate of drug-likeness (QED) is 0.736. The number of methoxy groups -OCH3 is 1. The third-order valence-electron chi connectivity index (χ3n) is 3.84. The molecule has 0 aromatic rings. The summed E-state index contributed by atoms with van der Waals surface area (Å²) in [5, 5.41) is 3.31. The second-order valence-electron chi connectivity index (χ2n) is 5.58.